The molecule has 1 fully saturated rings. The number of nitrogens with two attached hydrogens (primary N) is 1. The lowest BCUT2D eigenvalue weighted by molar-refractivity contribution is -0.122. The predicted molar refractivity (Wildman–Crippen MR) is 82.4 cm³/mol. The van der Waals surface area contributed by atoms with Crippen molar-refractivity contribution in [3.8, 4) is 0 Å². The first kappa shape index (κ1) is 15.0. The molecular weight excluding hydrogens is 248 g/mol. The minimum Gasteiger partial charge on any atom is -0.353 e. The number of hydrogen-bond acceptors (Lipinski definition) is 2. The molecule has 0 bridgehead atoms. The van der Waals surface area contributed by atoms with Crippen molar-refractivity contribution in [2.75, 3.05) is 6.54 Å². The average Bonchev–Trinajstić information content (AvgIpc) is 2.48. The molecule has 0 saturated heterocycles. The van der Waals surface area contributed by atoms with Gasteiger partial charge in [-0.05, 0) is 36.8 Å². The third-order valence-electron chi connectivity index (χ3n) is 4.42. The largest absolute Gasteiger partial charge is 0.353 e. The maximum Gasteiger partial charge on any atom is 0.220 e. The van der Waals surface area contributed by atoms with Gasteiger partial charge in [-0.15, -0.1) is 0 Å². The van der Waals surface area contributed by atoms with Crippen molar-refractivity contribution in [1.29, 1.82) is 0 Å². The fraction of sp³-hybridized carbons (Fsp3) is 0.588. The summed E-state index contributed by atoms with van der Waals surface area (Å²) in [5.41, 5.74) is 7.03. The minimum atomic E-state index is 0.159. The van der Waals surface area contributed by atoms with Crippen molar-refractivity contribution in [1.82, 2.24) is 5.32 Å². The molecule has 1 saturated carbocycles. The minimum absolute atomic E-state index is 0.159. The summed E-state index contributed by atoms with van der Waals surface area (Å²) in [6, 6.07) is 10.5. The molecular formula is C17H26N2O. The van der Waals surface area contributed by atoms with Crippen LogP contribution in [0, 0.1) is 5.92 Å². The van der Waals surface area contributed by atoms with Crippen molar-refractivity contribution >= 4 is 5.91 Å². The molecule has 1 aromatic rings. The fourth-order valence-corrected chi connectivity index (χ4v) is 3.12. The Morgan fingerprint density at radius 1 is 1.30 bits per heavy atom. The van der Waals surface area contributed by atoms with Crippen molar-refractivity contribution in [3.05, 3.63) is 35.9 Å². The van der Waals surface area contributed by atoms with Crippen LogP contribution in [0.1, 0.15) is 50.5 Å². The number of rotatable bonds is 5. The van der Waals surface area contributed by atoms with Crippen LogP contribution < -0.4 is 11.1 Å². The van der Waals surface area contributed by atoms with E-state index in [4.69, 9.17) is 5.73 Å². The number of hydrogen-bond donors (Lipinski definition) is 2. The van der Waals surface area contributed by atoms with E-state index >= 15 is 0 Å². The summed E-state index contributed by atoms with van der Waals surface area (Å²) in [6.07, 6.45) is 5.23. The quantitative estimate of drug-likeness (QED) is 0.867. The first-order valence-electron chi connectivity index (χ1n) is 7.75. The predicted octanol–water partition coefficient (Wildman–Crippen LogP) is 2.81. The molecule has 1 aliphatic rings. The molecule has 0 heterocycles. The smallest absolute Gasteiger partial charge is 0.220 e. The molecule has 0 spiro atoms. The first-order chi connectivity index (χ1) is 9.70. The maximum atomic E-state index is 12.2. The molecule has 3 heteroatoms. The highest BCUT2D eigenvalue weighted by Gasteiger charge is 2.25. The van der Waals surface area contributed by atoms with Gasteiger partial charge >= 0.3 is 0 Å². The molecule has 3 atom stereocenters. The highest BCUT2D eigenvalue weighted by Crippen LogP contribution is 2.24. The van der Waals surface area contributed by atoms with Gasteiger partial charge in [0.15, 0.2) is 0 Å². The second-order valence-corrected chi connectivity index (χ2v) is 5.97. The van der Waals surface area contributed by atoms with E-state index in [2.05, 4.69) is 24.4 Å². The van der Waals surface area contributed by atoms with E-state index in [9.17, 15) is 4.79 Å². The zero-order chi connectivity index (χ0) is 14.4. The number of nitrogens with one attached hydrogen (secondary N) is 1. The van der Waals surface area contributed by atoms with E-state index < -0.39 is 0 Å². The van der Waals surface area contributed by atoms with Crippen LogP contribution in [0.4, 0.5) is 0 Å². The summed E-state index contributed by atoms with van der Waals surface area (Å²) >= 11 is 0. The fourth-order valence-electron chi connectivity index (χ4n) is 3.12. The SMILES string of the molecule is CC(CC(=O)NC1CCCCC1CN)c1ccccc1. The molecule has 3 nitrogen and oxygen atoms in total. The second kappa shape index (κ2) is 7.44. The summed E-state index contributed by atoms with van der Waals surface area (Å²) in [5.74, 6) is 0.877. The van der Waals surface area contributed by atoms with Gasteiger partial charge in [-0.2, -0.15) is 0 Å². The zero-order valence-electron chi connectivity index (χ0n) is 12.3. The van der Waals surface area contributed by atoms with E-state index in [0.717, 1.165) is 12.8 Å². The molecule has 3 unspecified atom stereocenters. The lowest BCUT2D eigenvalue weighted by Gasteiger charge is -2.31. The monoisotopic (exact) mass is 274 g/mol. The van der Waals surface area contributed by atoms with Crippen LogP contribution >= 0.6 is 0 Å². The maximum absolute atomic E-state index is 12.2. The lowest BCUT2D eigenvalue weighted by Crippen LogP contribution is -2.44. The number of carbonyl (C=O) groups is 1. The molecule has 110 valence electrons. The van der Waals surface area contributed by atoms with Gasteiger partial charge < -0.3 is 11.1 Å². The average molecular weight is 274 g/mol. The van der Waals surface area contributed by atoms with Gasteiger partial charge in [0.1, 0.15) is 0 Å². The normalized spacial score (nSPS) is 24.1. The third-order valence-corrected chi connectivity index (χ3v) is 4.42. The number of amides is 1. The summed E-state index contributed by atoms with van der Waals surface area (Å²) < 4.78 is 0. The Morgan fingerprint density at radius 3 is 2.70 bits per heavy atom. The van der Waals surface area contributed by atoms with Gasteiger partial charge in [0, 0.05) is 12.5 Å². The van der Waals surface area contributed by atoms with Gasteiger partial charge in [0.25, 0.3) is 0 Å². The standard InChI is InChI=1S/C17H26N2O/c1-13(14-7-3-2-4-8-14)11-17(20)19-16-10-6-5-9-15(16)12-18/h2-4,7-8,13,15-16H,5-6,9-12,18H2,1H3,(H,19,20). The summed E-state index contributed by atoms with van der Waals surface area (Å²) in [6.45, 7) is 2.79. The Labute approximate surface area is 121 Å². The number of benzene rings is 1. The molecule has 2 rings (SSSR count). The van der Waals surface area contributed by atoms with Crippen molar-refractivity contribution in [3.63, 3.8) is 0 Å². The van der Waals surface area contributed by atoms with Crippen LogP contribution in [-0.4, -0.2) is 18.5 Å². The Hall–Kier alpha value is -1.35. The van der Waals surface area contributed by atoms with Gasteiger partial charge in [-0.3, -0.25) is 4.79 Å². The molecule has 20 heavy (non-hydrogen) atoms. The van der Waals surface area contributed by atoms with Gasteiger partial charge in [0.2, 0.25) is 5.91 Å². The van der Waals surface area contributed by atoms with E-state index in [1.165, 1.54) is 18.4 Å². The molecule has 3 N–H and O–H groups in total. The molecule has 0 aromatic heterocycles. The lowest BCUT2D eigenvalue weighted by atomic mass is 9.84. The summed E-state index contributed by atoms with van der Waals surface area (Å²) in [5, 5.41) is 3.20. The molecule has 1 aliphatic carbocycles. The summed E-state index contributed by atoms with van der Waals surface area (Å²) in [4.78, 5) is 12.2. The van der Waals surface area contributed by atoms with Gasteiger partial charge in [-0.25, -0.2) is 0 Å². The van der Waals surface area contributed by atoms with Crippen LogP contribution in [-0.2, 0) is 4.79 Å². The van der Waals surface area contributed by atoms with E-state index in [0.29, 0.717) is 18.9 Å². The van der Waals surface area contributed by atoms with Crippen molar-refractivity contribution < 1.29 is 4.79 Å². The third kappa shape index (κ3) is 4.07. The van der Waals surface area contributed by atoms with Crippen molar-refractivity contribution in [2.45, 2.75) is 51.0 Å². The van der Waals surface area contributed by atoms with Crippen LogP contribution in [0.15, 0.2) is 30.3 Å². The van der Waals surface area contributed by atoms with Gasteiger partial charge in [0.05, 0.1) is 0 Å². The number of carbonyl (C=O) groups excluding carboxylic acids is 1. The molecule has 1 aromatic carbocycles. The second-order valence-electron chi connectivity index (χ2n) is 5.97. The zero-order valence-corrected chi connectivity index (χ0v) is 12.3. The Morgan fingerprint density at radius 2 is 2.00 bits per heavy atom. The Kier molecular flexibility index (Phi) is 5.60. The van der Waals surface area contributed by atoms with Crippen LogP contribution in [0.25, 0.3) is 0 Å². The van der Waals surface area contributed by atoms with Gasteiger partial charge in [-0.1, -0.05) is 50.1 Å². The van der Waals surface area contributed by atoms with Crippen LogP contribution in [0.2, 0.25) is 0 Å². The molecule has 1 amide bonds. The van der Waals surface area contributed by atoms with Crippen LogP contribution in [0.3, 0.4) is 0 Å². The Bertz CT molecular complexity index is 418. The van der Waals surface area contributed by atoms with Crippen LogP contribution in [0.5, 0.6) is 0 Å². The molecule has 0 radical (unpaired) electrons. The van der Waals surface area contributed by atoms with E-state index in [1.807, 2.05) is 18.2 Å². The first-order valence-corrected chi connectivity index (χ1v) is 7.75. The van der Waals surface area contributed by atoms with Crippen molar-refractivity contribution in [2.24, 2.45) is 11.7 Å². The Balaban J connectivity index is 1.85. The highest BCUT2D eigenvalue weighted by atomic mass is 16.1. The summed E-state index contributed by atoms with van der Waals surface area (Å²) in [7, 11) is 0. The molecule has 0 aliphatic heterocycles. The highest BCUT2D eigenvalue weighted by molar-refractivity contribution is 5.77. The topological polar surface area (TPSA) is 55.1 Å². The van der Waals surface area contributed by atoms with E-state index in [1.54, 1.807) is 0 Å². The van der Waals surface area contributed by atoms with E-state index in [-0.39, 0.29) is 17.9 Å².